The maximum Gasteiger partial charge on any atom is 0.0540 e. The molecule has 4 aromatic carbocycles. The lowest BCUT2D eigenvalue weighted by Crippen LogP contribution is -2.16. The van der Waals surface area contributed by atoms with E-state index in [1.807, 2.05) is 0 Å². The van der Waals surface area contributed by atoms with Crippen LogP contribution in [0, 0.1) is 6.92 Å². The number of fused-ring (bicyclic) bond motifs is 2. The van der Waals surface area contributed by atoms with Gasteiger partial charge in [0.25, 0.3) is 0 Å². The van der Waals surface area contributed by atoms with Crippen LogP contribution in [0.15, 0.2) is 103 Å². The molecule has 0 amide bonds. The van der Waals surface area contributed by atoms with Crippen LogP contribution in [0.25, 0.3) is 22.5 Å². The van der Waals surface area contributed by atoms with Crippen LogP contribution >= 0.6 is 0 Å². The van der Waals surface area contributed by atoms with Crippen LogP contribution in [0.4, 0.5) is 11.4 Å². The van der Waals surface area contributed by atoms with Crippen molar-refractivity contribution in [3.05, 3.63) is 120 Å². The molecule has 0 aliphatic heterocycles. The van der Waals surface area contributed by atoms with Gasteiger partial charge in [0, 0.05) is 16.6 Å². The van der Waals surface area contributed by atoms with E-state index in [0.29, 0.717) is 0 Å². The minimum Gasteiger partial charge on any atom is -0.310 e. The third-order valence-electron chi connectivity index (χ3n) is 5.52. The maximum atomic E-state index is 2.41. The minimum atomic E-state index is 0.914. The molecule has 29 heavy (non-hydrogen) atoms. The summed E-state index contributed by atoms with van der Waals surface area (Å²) in [5, 5.41) is 2.51. The molecule has 1 aliphatic rings. The number of benzene rings is 4. The van der Waals surface area contributed by atoms with Crippen molar-refractivity contribution in [2.75, 3.05) is 4.90 Å². The molecule has 0 aromatic heterocycles. The normalized spacial score (nSPS) is 12.9. The highest BCUT2D eigenvalue weighted by atomic mass is 15.2. The second-order valence-electron chi connectivity index (χ2n) is 7.48. The first-order chi connectivity index (χ1) is 14.3. The highest BCUT2D eigenvalue weighted by Gasteiger charge is 2.20. The van der Waals surface area contributed by atoms with Gasteiger partial charge in [0.15, 0.2) is 0 Å². The number of anilines is 2. The second-order valence-corrected chi connectivity index (χ2v) is 7.48. The third-order valence-corrected chi connectivity index (χ3v) is 5.52. The van der Waals surface area contributed by atoms with Crippen molar-refractivity contribution >= 4 is 33.9 Å². The summed E-state index contributed by atoms with van der Waals surface area (Å²) >= 11 is 0. The van der Waals surface area contributed by atoms with Crippen LogP contribution in [0.1, 0.15) is 23.1 Å². The van der Waals surface area contributed by atoms with Gasteiger partial charge in [-0.3, -0.25) is 0 Å². The molecule has 1 aliphatic carbocycles. The Morgan fingerprint density at radius 2 is 1.48 bits per heavy atom. The summed E-state index contributed by atoms with van der Waals surface area (Å²) in [6.45, 7) is 2.14. The van der Waals surface area contributed by atoms with Crippen molar-refractivity contribution in [1.29, 1.82) is 0 Å². The van der Waals surface area contributed by atoms with Crippen LogP contribution in [-0.2, 0) is 0 Å². The van der Waals surface area contributed by atoms with E-state index in [1.54, 1.807) is 0 Å². The van der Waals surface area contributed by atoms with Crippen molar-refractivity contribution in [2.45, 2.75) is 13.3 Å². The molecule has 140 valence electrons. The fraction of sp³-hybridized carbons (Fsp3) is 0.0714. The molecule has 0 atom stereocenters. The van der Waals surface area contributed by atoms with Gasteiger partial charge in [-0.25, -0.2) is 0 Å². The maximum absolute atomic E-state index is 2.41. The molecule has 4 aromatic rings. The fourth-order valence-corrected chi connectivity index (χ4v) is 4.08. The summed E-state index contributed by atoms with van der Waals surface area (Å²) in [5.74, 6) is 0. The molecule has 0 bridgehead atoms. The van der Waals surface area contributed by atoms with E-state index in [0.717, 1.165) is 6.42 Å². The number of hydrogen-bond acceptors (Lipinski definition) is 1. The van der Waals surface area contributed by atoms with Crippen molar-refractivity contribution < 1.29 is 0 Å². The molecule has 5 rings (SSSR count). The molecule has 1 nitrogen and oxygen atoms in total. The lowest BCUT2D eigenvalue weighted by molar-refractivity contribution is 1.27. The predicted octanol–water partition coefficient (Wildman–Crippen LogP) is 7.74. The van der Waals surface area contributed by atoms with Gasteiger partial charge in [0.1, 0.15) is 0 Å². The van der Waals surface area contributed by atoms with Gasteiger partial charge in [0.05, 0.1) is 11.4 Å². The Morgan fingerprint density at radius 1 is 0.724 bits per heavy atom. The first-order valence-electron chi connectivity index (χ1n) is 10.1. The zero-order chi connectivity index (χ0) is 19.6. The molecule has 0 N–H and O–H groups in total. The van der Waals surface area contributed by atoms with Crippen LogP contribution in [0.3, 0.4) is 0 Å². The quantitative estimate of drug-likeness (QED) is 0.355. The van der Waals surface area contributed by atoms with E-state index in [2.05, 4.69) is 121 Å². The topological polar surface area (TPSA) is 3.24 Å². The van der Waals surface area contributed by atoms with Crippen molar-refractivity contribution in [2.24, 2.45) is 0 Å². The van der Waals surface area contributed by atoms with Crippen LogP contribution in [0.5, 0.6) is 0 Å². The van der Waals surface area contributed by atoms with E-state index in [4.69, 9.17) is 0 Å². The van der Waals surface area contributed by atoms with E-state index in [1.165, 1.54) is 44.5 Å². The van der Waals surface area contributed by atoms with Gasteiger partial charge in [0.2, 0.25) is 0 Å². The highest BCUT2D eigenvalue weighted by molar-refractivity contribution is 6.02. The first-order valence-corrected chi connectivity index (χ1v) is 10.1. The van der Waals surface area contributed by atoms with Gasteiger partial charge in [-0.2, -0.15) is 0 Å². The Kier molecular flexibility index (Phi) is 4.50. The Morgan fingerprint density at radius 3 is 2.38 bits per heavy atom. The molecule has 0 unspecified atom stereocenters. The lowest BCUT2D eigenvalue weighted by atomic mass is 10.0. The van der Waals surface area contributed by atoms with Crippen molar-refractivity contribution in [3.8, 4) is 0 Å². The van der Waals surface area contributed by atoms with Crippen LogP contribution < -0.4 is 4.90 Å². The lowest BCUT2D eigenvalue weighted by Gasteiger charge is -2.30. The van der Waals surface area contributed by atoms with E-state index >= 15 is 0 Å². The number of hydrogen-bond donors (Lipinski definition) is 0. The molecule has 0 spiro atoms. The van der Waals surface area contributed by atoms with Gasteiger partial charge < -0.3 is 4.90 Å². The van der Waals surface area contributed by atoms with E-state index in [-0.39, 0.29) is 0 Å². The SMILES string of the molecule is Cc1ccc(N(C2=CCC=Cc3ccccc32)c2cccc3ccccc23)cc1. The largest absolute Gasteiger partial charge is 0.310 e. The Balaban J connectivity index is 1.79. The fourth-order valence-electron chi connectivity index (χ4n) is 4.08. The summed E-state index contributed by atoms with van der Waals surface area (Å²) in [4.78, 5) is 2.41. The van der Waals surface area contributed by atoms with Gasteiger partial charge in [-0.1, -0.05) is 96.6 Å². The number of aryl methyl sites for hydroxylation is 1. The first kappa shape index (κ1) is 17.5. The minimum absolute atomic E-state index is 0.914. The monoisotopic (exact) mass is 373 g/mol. The predicted molar refractivity (Wildman–Crippen MR) is 125 cm³/mol. The molecule has 0 radical (unpaired) electrons. The van der Waals surface area contributed by atoms with Crippen LogP contribution in [0.2, 0.25) is 0 Å². The molecular formula is C28H23N. The molecule has 0 fully saturated rings. The summed E-state index contributed by atoms with van der Waals surface area (Å²) in [7, 11) is 0. The molecule has 0 heterocycles. The van der Waals surface area contributed by atoms with Gasteiger partial charge >= 0.3 is 0 Å². The third kappa shape index (κ3) is 3.25. The van der Waals surface area contributed by atoms with Gasteiger partial charge in [-0.05, 0) is 42.5 Å². The zero-order valence-corrected chi connectivity index (χ0v) is 16.5. The number of nitrogens with zero attached hydrogens (tertiary/aromatic N) is 1. The second kappa shape index (κ2) is 7.44. The summed E-state index contributed by atoms with van der Waals surface area (Å²) in [6.07, 6.45) is 7.72. The molecule has 0 saturated carbocycles. The number of allylic oxidation sites excluding steroid dienone is 2. The Bertz CT molecular complexity index is 1220. The average Bonchev–Trinajstić information content (AvgIpc) is 2.98. The van der Waals surface area contributed by atoms with Crippen molar-refractivity contribution in [1.82, 2.24) is 0 Å². The van der Waals surface area contributed by atoms with Crippen molar-refractivity contribution in [3.63, 3.8) is 0 Å². The highest BCUT2D eigenvalue weighted by Crippen LogP contribution is 2.40. The Hall–Kier alpha value is -3.58. The number of rotatable bonds is 3. The summed E-state index contributed by atoms with van der Waals surface area (Å²) in [5.41, 5.74) is 7.39. The zero-order valence-electron chi connectivity index (χ0n) is 16.5. The van der Waals surface area contributed by atoms with E-state index < -0.39 is 0 Å². The molecule has 1 heteroatoms. The molecule has 0 saturated heterocycles. The smallest absolute Gasteiger partial charge is 0.0540 e. The average molecular weight is 373 g/mol. The van der Waals surface area contributed by atoms with E-state index in [9.17, 15) is 0 Å². The van der Waals surface area contributed by atoms with Gasteiger partial charge in [-0.15, -0.1) is 0 Å². The standard InChI is InChI=1S/C28H23N/c1-21-17-19-24(20-18-21)29(28-16-8-12-23-10-3-6-14-26(23)28)27-15-7-4-11-22-9-2-5-13-25(22)27/h2-6,8-20H,7H2,1H3. The summed E-state index contributed by atoms with van der Waals surface area (Å²) < 4.78 is 0. The van der Waals surface area contributed by atoms with Crippen LogP contribution in [-0.4, -0.2) is 0 Å². The Labute approximate surface area is 172 Å². The summed E-state index contributed by atoms with van der Waals surface area (Å²) in [6, 6.07) is 32.7. The molecular weight excluding hydrogens is 350 g/mol.